The van der Waals surface area contributed by atoms with Gasteiger partial charge in [0, 0.05) is 12.0 Å². The van der Waals surface area contributed by atoms with Gasteiger partial charge in [0.25, 0.3) is 0 Å². The van der Waals surface area contributed by atoms with E-state index in [1.807, 2.05) is 36.4 Å². The summed E-state index contributed by atoms with van der Waals surface area (Å²) in [5, 5.41) is 20.8. The molecule has 158 valence electrons. The number of hydrogen-bond acceptors (Lipinski definition) is 3. The third kappa shape index (κ3) is 5.75. The van der Waals surface area contributed by atoms with Crippen molar-refractivity contribution in [1.82, 2.24) is 0 Å². The number of carboxylic acid groups (broad SMARTS) is 1. The fraction of sp³-hybridized carbons (Fsp3) is 0.480. The number of carboxylic acids is 1. The summed E-state index contributed by atoms with van der Waals surface area (Å²) in [5.41, 5.74) is 3.35. The highest BCUT2D eigenvalue weighted by atomic mass is 16.5. The predicted molar refractivity (Wildman–Crippen MR) is 117 cm³/mol. The van der Waals surface area contributed by atoms with E-state index < -0.39 is 11.9 Å². The molecule has 4 nitrogen and oxygen atoms in total. The van der Waals surface area contributed by atoms with Gasteiger partial charge < -0.3 is 14.9 Å². The van der Waals surface area contributed by atoms with Gasteiger partial charge in [-0.3, -0.25) is 4.79 Å². The molecule has 0 fully saturated rings. The van der Waals surface area contributed by atoms with E-state index in [1.165, 1.54) is 12.8 Å². The number of hydrogen-bond donors (Lipinski definition) is 2. The molecule has 29 heavy (non-hydrogen) atoms. The van der Waals surface area contributed by atoms with E-state index in [-0.39, 0.29) is 11.7 Å². The van der Waals surface area contributed by atoms with E-state index in [2.05, 4.69) is 13.8 Å². The van der Waals surface area contributed by atoms with Gasteiger partial charge >= 0.3 is 5.97 Å². The molecule has 0 aliphatic rings. The van der Waals surface area contributed by atoms with Gasteiger partial charge in [-0.25, -0.2) is 0 Å². The van der Waals surface area contributed by atoms with Gasteiger partial charge in [-0.2, -0.15) is 0 Å². The average Bonchev–Trinajstić information content (AvgIpc) is 2.73. The SMILES string of the molecule is CCCCCC(CC)c1ccc(C(C)C(=O)O)c(Cc2ccc(OC)cc2)c1O. The van der Waals surface area contributed by atoms with Crippen LogP contribution in [-0.4, -0.2) is 23.3 Å². The Bertz CT molecular complexity index is 795. The van der Waals surface area contributed by atoms with Crippen LogP contribution in [0.4, 0.5) is 0 Å². The zero-order valence-corrected chi connectivity index (χ0v) is 18.1. The van der Waals surface area contributed by atoms with Crippen molar-refractivity contribution < 1.29 is 19.7 Å². The Balaban J connectivity index is 2.45. The van der Waals surface area contributed by atoms with Crippen molar-refractivity contribution in [3.05, 3.63) is 58.7 Å². The number of phenols is 1. The number of benzene rings is 2. The molecule has 0 radical (unpaired) electrons. The maximum Gasteiger partial charge on any atom is 0.310 e. The lowest BCUT2D eigenvalue weighted by Gasteiger charge is -2.22. The summed E-state index contributed by atoms with van der Waals surface area (Å²) in [5.74, 6) is -0.251. The van der Waals surface area contributed by atoms with Crippen molar-refractivity contribution in [2.24, 2.45) is 0 Å². The van der Waals surface area contributed by atoms with Gasteiger partial charge in [-0.1, -0.05) is 57.4 Å². The quantitative estimate of drug-likeness (QED) is 0.439. The summed E-state index contributed by atoms with van der Waals surface area (Å²) in [7, 11) is 1.63. The van der Waals surface area contributed by atoms with Gasteiger partial charge in [0.2, 0.25) is 0 Å². The lowest BCUT2D eigenvalue weighted by molar-refractivity contribution is -0.138. The Labute approximate surface area is 174 Å². The molecule has 0 heterocycles. The van der Waals surface area contributed by atoms with Crippen LogP contribution in [-0.2, 0) is 11.2 Å². The number of unbranched alkanes of at least 4 members (excludes halogenated alkanes) is 2. The van der Waals surface area contributed by atoms with Crippen LogP contribution in [0.2, 0.25) is 0 Å². The highest BCUT2D eigenvalue weighted by molar-refractivity contribution is 5.77. The van der Waals surface area contributed by atoms with Crippen molar-refractivity contribution in [2.75, 3.05) is 7.11 Å². The van der Waals surface area contributed by atoms with Gasteiger partial charge in [0.15, 0.2) is 0 Å². The van der Waals surface area contributed by atoms with Gasteiger partial charge in [0.1, 0.15) is 11.5 Å². The minimum Gasteiger partial charge on any atom is -0.507 e. The Morgan fingerprint density at radius 3 is 2.24 bits per heavy atom. The van der Waals surface area contributed by atoms with E-state index >= 15 is 0 Å². The molecule has 2 N–H and O–H groups in total. The Kier molecular flexibility index (Phi) is 8.56. The molecule has 2 aromatic carbocycles. The van der Waals surface area contributed by atoms with Crippen LogP contribution in [0.5, 0.6) is 11.5 Å². The van der Waals surface area contributed by atoms with Crippen molar-refractivity contribution in [3.63, 3.8) is 0 Å². The Hall–Kier alpha value is -2.49. The standard InChI is InChI=1S/C25H34O4/c1-5-7-8-9-19(6-2)22-15-14-21(17(3)25(27)28)23(24(22)26)16-18-10-12-20(29-4)13-11-18/h10-15,17,19,26H,5-9,16H2,1-4H3,(H,27,28). The Morgan fingerprint density at radius 2 is 1.69 bits per heavy atom. The lowest BCUT2D eigenvalue weighted by Crippen LogP contribution is -2.12. The number of phenolic OH excluding ortho intramolecular Hbond substituents is 1. The lowest BCUT2D eigenvalue weighted by atomic mass is 9.84. The summed E-state index contributed by atoms with van der Waals surface area (Å²) < 4.78 is 5.22. The molecular weight excluding hydrogens is 364 g/mol. The fourth-order valence-electron chi connectivity index (χ4n) is 3.89. The topological polar surface area (TPSA) is 66.8 Å². The van der Waals surface area contributed by atoms with Crippen molar-refractivity contribution in [3.8, 4) is 11.5 Å². The molecule has 4 heteroatoms. The van der Waals surface area contributed by atoms with E-state index in [9.17, 15) is 15.0 Å². The zero-order valence-electron chi connectivity index (χ0n) is 18.1. The molecule has 0 amide bonds. The molecule has 0 aromatic heterocycles. The maximum atomic E-state index is 11.7. The third-order valence-corrected chi connectivity index (χ3v) is 5.82. The number of aliphatic carboxylic acids is 1. The molecule has 0 bridgehead atoms. The number of ether oxygens (including phenoxy) is 1. The number of carbonyl (C=O) groups is 1. The van der Waals surface area contributed by atoms with Crippen LogP contribution >= 0.6 is 0 Å². The minimum atomic E-state index is -0.886. The van der Waals surface area contributed by atoms with Crippen LogP contribution in [0.15, 0.2) is 36.4 Å². The first-order chi connectivity index (χ1) is 13.9. The molecule has 0 aliphatic carbocycles. The summed E-state index contributed by atoms with van der Waals surface area (Å²) >= 11 is 0. The van der Waals surface area contributed by atoms with Gasteiger partial charge in [0.05, 0.1) is 13.0 Å². The van der Waals surface area contributed by atoms with E-state index in [1.54, 1.807) is 14.0 Å². The first-order valence-corrected chi connectivity index (χ1v) is 10.6. The van der Waals surface area contributed by atoms with Crippen LogP contribution in [0, 0.1) is 0 Å². The van der Waals surface area contributed by atoms with E-state index in [4.69, 9.17) is 4.74 Å². The molecular formula is C25H34O4. The Morgan fingerprint density at radius 1 is 1.03 bits per heavy atom. The molecule has 2 atom stereocenters. The largest absolute Gasteiger partial charge is 0.507 e. The summed E-state index contributed by atoms with van der Waals surface area (Å²) in [6.45, 7) is 6.01. The van der Waals surface area contributed by atoms with Gasteiger partial charge in [-0.15, -0.1) is 0 Å². The maximum absolute atomic E-state index is 11.7. The zero-order chi connectivity index (χ0) is 21.4. The first-order valence-electron chi connectivity index (χ1n) is 10.6. The third-order valence-electron chi connectivity index (χ3n) is 5.82. The second kappa shape index (κ2) is 10.9. The number of rotatable bonds is 11. The van der Waals surface area contributed by atoms with Gasteiger partial charge in [-0.05, 0) is 54.5 Å². The highest BCUT2D eigenvalue weighted by Crippen LogP contribution is 2.39. The molecule has 2 rings (SSSR count). The van der Waals surface area contributed by atoms with Crippen LogP contribution in [0.3, 0.4) is 0 Å². The molecule has 0 spiro atoms. The number of methoxy groups -OCH3 is 1. The summed E-state index contributed by atoms with van der Waals surface area (Å²) in [4.78, 5) is 11.7. The van der Waals surface area contributed by atoms with E-state index in [0.29, 0.717) is 12.0 Å². The fourth-order valence-corrected chi connectivity index (χ4v) is 3.89. The average molecular weight is 399 g/mol. The van der Waals surface area contributed by atoms with Crippen molar-refractivity contribution in [1.29, 1.82) is 0 Å². The van der Waals surface area contributed by atoms with E-state index in [0.717, 1.165) is 41.7 Å². The summed E-state index contributed by atoms with van der Waals surface area (Å²) in [6, 6.07) is 11.5. The number of aromatic hydroxyl groups is 1. The molecule has 2 aromatic rings. The highest BCUT2D eigenvalue weighted by Gasteiger charge is 2.24. The second-order valence-corrected chi connectivity index (χ2v) is 7.76. The second-order valence-electron chi connectivity index (χ2n) is 7.76. The predicted octanol–water partition coefficient (Wildman–Crippen LogP) is 6.25. The van der Waals surface area contributed by atoms with Crippen molar-refractivity contribution in [2.45, 2.75) is 71.1 Å². The molecule has 0 saturated heterocycles. The smallest absolute Gasteiger partial charge is 0.310 e. The minimum absolute atomic E-state index is 0.259. The van der Waals surface area contributed by atoms with Crippen LogP contribution in [0.25, 0.3) is 0 Å². The molecule has 0 aliphatic heterocycles. The van der Waals surface area contributed by atoms with Crippen LogP contribution < -0.4 is 4.74 Å². The van der Waals surface area contributed by atoms with Crippen LogP contribution in [0.1, 0.15) is 87.0 Å². The normalized spacial score (nSPS) is 13.1. The molecule has 0 saturated carbocycles. The first kappa shape index (κ1) is 22.8. The summed E-state index contributed by atoms with van der Waals surface area (Å²) in [6.07, 6.45) is 5.96. The molecule has 2 unspecified atom stereocenters. The van der Waals surface area contributed by atoms with Crippen molar-refractivity contribution >= 4 is 5.97 Å². The monoisotopic (exact) mass is 398 g/mol.